The zero-order valence-corrected chi connectivity index (χ0v) is 11.5. The summed E-state index contributed by atoms with van der Waals surface area (Å²) in [6.45, 7) is 4.79. The Morgan fingerprint density at radius 1 is 1.00 bits per heavy atom. The van der Waals surface area contributed by atoms with Gasteiger partial charge in [0.2, 0.25) is 0 Å². The maximum atomic E-state index is 10.3. The normalized spacial score (nSPS) is 13.7. The molecule has 0 aromatic heterocycles. The zero-order valence-electron chi connectivity index (χ0n) is 11.5. The first kappa shape index (κ1) is 14.5. The standard InChI is InChI=1S/C18H20O2/c1-2-16(18(19)17-11-7-4-8-12-17)14-20-13-15-9-5-3-6-10-15/h2-12,16,18-19H,1,13-14H2/t16-,18-/m0/s1. The number of aliphatic hydroxyl groups excluding tert-OH is 1. The number of rotatable bonds is 7. The van der Waals surface area contributed by atoms with Gasteiger partial charge in [0, 0.05) is 5.92 Å². The van der Waals surface area contributed by atoms with Gasteiger partial charge in [0.25, 0.3) is 0 Å². The van der Waals surface area contributed by atoms with Gasteiger partial charge in [-0.05, 0) is 11.1 Å². The first-order valence-corrected chi connectivity index (χ1v) is 6.78. The molecule has 0 bridgehead atoms. The van der Waals surface area contributed by atoms with Crippen LogP contribution >= 0.6 is 0 Å². The van der Waals surface area contributed by atoms with Crippen molar-refractivity contribution in [1.29, 1.82) is 0 Å². The molecule has 0 amide bonds. The number of aliphatic hydroxyl groups is 1. The Kier molecular flexibility index (Phi) is 5.54. The van der Waals surface area contributed by atoms with Crippen molar-refractivity contribution in [2.75, 3.05) is 6.61 Å². The summed E-state index contributed by atoms with van der Waals surface area (Å²) in [6, 6.07) is 19.6. The van der Waals surface area contributed by atoms with Gasteiger partial charge in [0.05, 0.1) is 19.3 Å². The highest BCUT2D eigenvalue weighted by Crippen LogP contribution is 2.23. The molecule has 20 heavy (non-hydrogen) atoms. The second kappa shape index (κ2) is 7.63. The Labute approximate surface area is 120 Å². The lowest BCUT2D eigenvalue weighted by molar-refractivity contribution is 0.0400. The second-order valence-electron chi connectivity index (χ2n) is 4.76. The number of hydrogen-bond donors (Lipinski definition) is 1. The molecule has 2 rings (SSSR count). The summed E-state index contributed by atoms with van der Waals surface area (Å²) in [7, 11) is 0. The second-order valence-corrected chi connectivity index (χ2v) is 4.76. The lowest BCUT2D eigenvalue weighted by Crippen LogP contribution is -2.16. The fourth-order valence-electron chi connectivity index (χ4n) is 2.07. The van der Waals surface area contributed by atoms with Crippen LogP contribution in [0.15, 0.2) is 73.3 Å². The van der Waals surface area contributed by atoms with Gasteiger partial charge < -0.3 is 9.84 Å². The molecule has 0 aliphatic heterocycles. The Morgan fingerprint density at radius 3 is 2.20 bits per heavy atom. The van der Waals surface area contributed by atoms with E-state index in [0.717, 1.165) is 11.1 Å². The summed E-state index contributed by atoms with van der Waals surface area (Å²) >= 11 is 0. The van der Waals surface area contributed by atoms with Gasteiger partial charge in [-0.25, -0.2) is 0 Å². The van der Waals surface area contributed by atoms with Crippen LogP contribution < -0.4 is 0 Å². The van der Waals surface area contributed by atoms with E-state index in [4.69, 9.17) is 4.74 Å². The number of ether oxygens (including phenoxy) is 1. The van der Waals surface area contributed by atoms with Crippen LogP contribution in [0.25, 0.3) is 0 Å². The third kappa shape index (κ3) is 4.05. The van der Waals surface area contributed by atoms with E-state index in [0.29, 0.717) is 13.2 Å². The monoisotopic (exact) mass is 268 g/mol. The minimum atomic E-state index is -0.579. The van der Waals surface area contributed by atoms with Crippen molar-refractivity contribution in [3.8, 4) is 0 Å². The van der Waals surface area contributed by atoms with Crippen molar-refractivity contribution < 1.29 is 9.84 Å². The summed E-state index contributed by atoms with van der Waals surface area (Å²) in [5, 5.41) is 10.3. The van der Waals surface area contributed by atoms with Gasteiger partial charge in [-0.3, -0.25) is 0 Å². The summed E-state index contributed by atoms with van der Waals surface area (Å²) in [5.74, 6) is -0.110. The minimum Gasteiger partial charge on any atom is -0.388 e. The third-order valence-electron chi connectivity index (χ3n) is 3.27. The molecule has 1 N–H and O–H groups in total. The van der Waals surface area contributed by atoms with E-state index in [-0.39, 0.29) is 5.92 Å². The lowest BCUT2D eigenvalue weighted by atomic mass is 9.96. The highest BCUT2D eigenvalue weighted by Gasteiger charge is 2.17. The van der Waals surface area contributed by atoms with Gasteiger partial charge in [-0.1, -0.05) is 66.7 Å². The molecule has 104 valence electrons. The predicted octanol–water partition coefficient (Wildman–Crippen LogP) is 3.74. The first-order chi connectivity index (χ1) is 9.81. The van der Waals surface area contributed by atoms with Gasteiger partial charge >= 0.3 is 0 Å². The van der Waals surface area contributed by atoms with Crippen molar-refractivity contribution >= 4 is 0 Å². The van der Waals surface area contributed by atoms with E-state index in [1.54, 1.807) is 6.08 Å². The van der Waals surface area contributed by atoms with Crippen LogP contribution in [0.2, 0.25) is 0 Å². The van der Waals surface area contributed by atoms with Crippen LogP contribution in [0.3, 0.4) is 0 Å². The van der Waals surface area contributed by atoms with Crippen LogP contribution in [-0.4, -0.2) is 11.7 Å². The van der Waals surface area contributed by atoms with E-state index < -0.39 is 6.10 Å². The fourth-order valence-corrected chi connectivity index (χ4v) is 2.07. The Morgan fingerprint density at radius 2 is 1.60 bits per heavy atom. The van der Waals surface area contributed by atoms with Crippen LogP contribution in [0.4, 0.5) is 0 Å². The molecular formula is C18H20O2. The lowest BCUT2D eigenvalue weighted by Gasteiger charge is -2.20. The number of benzene rings is 2. The third-order valence-corrected chi connectivity index (χ3v) is 3.27. The molecule has 0 saturated carbocycles. The highest BCUT2D eigenvalue weighted by atomic mass is 16.5. The fraction of sp³-hybridized carbons (Fsp3) is 0.222. The highest BCUT2D eigenvalue weighted by molar-refractivity contribution is 5.19. The Hall–Kier alpha value is -1.90. The molecule has 2 nitrogen and oxygen atoms in total. The molecule has 0 fully saturated rings. The molecule has 0 aliphatic rings. The summed E-state index contributed by atoms with van der Waals surface area (Å²) in [4.78, 5) is 0. The van der Waals surface area contributed by atoms with E-state index in [9.17, 15) is 5.11 Å². The Balaban J connectivity index is 1.88. The number of hydrogen-bond acceptors (Lipinski definition) is 2. The minimum absolute atomic E-state index is 0.110. The predicted molar refractivity (Wildman–Crippen MR) is 81.2 cm³/mol. The molecule has 0 unspecified atom stereocenters. The van der Waals surface area contributed by atoms with Crippen LogP contribution in [-0.2, 0) is 11.3 Å². The van der Waals surface area contributed by atoms with Gasteiger partial charge in [0.15, 0.2) is 0 Å². The van der Waals surface area contributed by atoms with E-state index in [2.05, 4.69) is 6.58 Å². The molecule has 2 aromatic rings. The van der Waals surface area contributed by atoms with Crippen molar-refractivity contribution in [3.63, 3.8) is 0 Å². The van der Waals surface area contributed by atoms with Gasteiger partial charge in [-0.2, -0.15) is 0 Å². The SMILES string of the molecule is C=C[C@@H](COCc1ccccc1)[C@H](O)c1ccccc1. The summed E-state index contributed by atoms with van der Waals surface area (Å²) in [5.41, 5.74) is 2.02. The molecule has 0 heterocycles. The van der Waals surface area contributed by atoms with Gasteiger partial charge in [-0.15, -0.1) is 6.58 Å². The molecule has 0 spiro atoms. The van der Waals surface area contributed by atoms with Crippen molar-refractivity contribution in [2.45, 2.75) is 12.7 Å². The van der Waals surface area contributed by atoms with Crippen LogP contribution in [0, 0.1) is 5.92 Å². The molecule has 0 saturated heterocycles. The molecule has 2 atom stereocenters. The maximum Gasteiger partial charge on any atom is 0.0874 e. The van der Waals surface area contributed by atoms with Crippen molar-refractivity contribution in [2.24, 2.45) is 5.92 Å². The van der Waals surface area contributed by atoms with E-state index in [1.807, 2.05) is 60.7 Å². The van der Waals surface area contributed by atoms with Crippen LogP contribution in [0.5, 0.6) is 0 Å². The van der Waals surface area contributed by atoms with Crippen molar-refractivity contribution in [3.05, 3.63) is 84.4 Å². The van der Waals surface area contributed by atoms with Crippen LogP contribution in [0.1, 0.15) is 17.2 Å². The van der Waals surface area contributed by atoms with E-state index >= 15 is 0 Å². The average molecular weight is 268 g/mol. The summed E-state index contributed by atoms with van der Waals surface area (Å²) < 4.78 is 5.68. The van der Waals surface area contributed by atoms with Gasteiger partial charge in [0.1, 0.15) is 0 Å². The quantitative estimate of drug-likeness (QED) is 0.775. The molecule has 0 aliphatic carbocycles. The zero-order chi connectivity index (χ0) is 14.2. The smallest absolute Gasteiger partial charge is 0.0874 e. The average Bonchev–Trinajstić information content (AvgIpc) is 2.53. The topological polar surface area (TPSA) is 29.5 Å². The molecule has 0 radical (unpaired) electrons. The molecule has 2 aromatic carbocycles. The largest absolute Gasteiger partial charge is 0.388 e. The summed E-state index contributed by atoms with van der Waals surface area (Å²) in [6.07, 6.45) is 1.17. The first-order valence-electron chi connectivity index (χ1n) is 6.78. The van der Waals surface area contributed by atoms with Crippen molar-refractivity contribution in [1.82, 2.24) is 0 Å². The maximum absolute atomic E-state index is 10.3. The molecular weight excluding hydrogens is 248 g/mol. The Bertz CT molecular complexity index is 507. The molecule has 2 heteroatoms. The van der Waals surface area contributed by atoms with E-state index in [1.165, 1.54) is 0 Å².